The van der Waals surface area contributed by atoms with E-state index in [0.717, 1.165) is 9.35 Å². The molecule has 0 radical (unpaired) electrons. The summed E-state index contributed by atoms with van der Waals surface area (Å²) in [6.45, 7) is 6.48. The van der Waals surface area contributed by atoms with E-state index >= 15 is 0 Å². The Hall–Kier alpha value is -0.590. The van der Waals surface area contributed by atoms with Crippen molar-refractivity contribution in [2.45, 2.75) is 32.3 Å². The van der Waals surface area contributed by atoms with Crippen LogP contribution >= 0.6 is 27.3 Å². The van der Waals surface area contributed by atoms with Crippen molar-refractivity contribution in [1.82, 2.24) is 5.32 Å². The van der Waals surface area contributed by atoms with E-state index in [1.807, 2.05) is 32.2 Å². The van der Waals surface area contributed by atoms with Crippen LogP contribution in [0.4, 0.5) is 4.79 Å². The minimum atomic E-state index is -0.478. The van der Waals surface area contributed by atoms with Crippen LogP contribution in [0, 0.1) is 0 Å². The van der Waals surface area contributed by atoms with Gasteiger partial charge in [0, 0.05) is 33.7 Å². The second kappa shape index (κ2) is 6.54. The molecule has 102 valence electrons. The Morgan fingerprint density at radius 3 is 2.72 bits per heavy atom. The van der Waals surface area contributed by atoms with Gasteiger partial charge in [0.15, 0.2) is 0 Å². The molecule has 6 heteroatoms. The van der Waals surface area contributed by atoms with Crippen molar-refractivity contribution in [2.24, 2.45) is 5.73 Å². The average molecular weight is 335 g/mol. The van der Waals surface area contributed by atoms with E-state index in [-0.39, 0.29) is 5.92 Å². The Labute approximate surface area is 120 Å². The van der Waals surface area contributed by atoms with Gasteiger partial charge in [-0.2, -0.15) is 0 Å². The van der Waals surface area contributed by atoms with Crippen LogP contribution in [-0.2, 0) is 4.74 Å². The lowest BCUT2D eigenvalue weighted by atomic mass is 10.1. The number of nitrogens with two attached hydrogens (primary N) is 1. The maximum absolute atomic E-state index is 11.5. The highest BCUT2D eigenvalue weighted by molar-refractivity contribution is 9.10. The summed E-state index contributed by atoms with van der Waals surface area (Å²) < 4.78 is 6.22. The Balaban J connectivity index is 2.48. The molecule has 1 heterocycles. The van der Waals surface area contributed by atoms with Gasteiger partial charge in [0.05, 0.1) is 0 Å². The van der Waals surface area contributed by atoms with E-state index in [2.05, 4.69) is 21.2 Å². The van der Waals surface area contributed by atoms with Gasteiger partial charge in [0.2, 0.25) is 0 Å². The lowest BCUT2D eigenvalue weighted by molar-refractivity contribution is 0.0525. The molecular weight excluding hydrogens is 316 g/mol. The van der Waals surface area contributed by atoms with Gasteiger partial charge in [-0.05, 0) is 42.8 Å². The van der Waals surface area contributed by atoms with Crippen LogP contribution in [0.3, 0.4) is 0 Å². The summed E-state index contributed by atoms with van der Waals surface area (Å²) in [6, 6.07) is 2.03. The van der Waals surface area contributed by atoms with E-state index in [1.165, 1.54) is 0 Å². The minimum Gasteiger partial charge on any atom is -0.444 e. The SMILES string of the molecule is CC(C)(C)OC(=O)NCC(CN)c1cc(Br)cs1. The third-order valence-electron chi connectivity index (χ3n) is 2.17. The van der Waals surface area contributed by atoms with Gasteiger partial charge < -0.3 is 15.8 Å². The van der Waals surface area contributed by atoms with E-state index in [9.17, 15) is 4.79 Å². The number of hydrogen-bond acceptors (Lipinski definition) is 4. The number of ether oxygens (including phenoxy) is 1. The summed E-state index contributed by atoms with van der Waals surface area (Å²) in [6.07, 6.45) is -0.406. The predicted molar refractivity (Wildman–Crippen MR) is 78.1 cm³/mol. The fourth-order valence-electron chi connectivity index (χ4n) is 1.36. The third-order valence-corrected chi connectivity index (χ3v) is 4.02. The summed E-state index contributed by atoms with van der Waals surface area (Å²) in [5, 5.41) is 4.75. The number of alkyl carbamates (subject to hydrolysis) is 1. The molecule has 0 aromatic carbocycles. The van der Waals surface area contributed by atoms with Gasteiger partial charge >= 0.3 is 6.09 Å². The third kappa shape index (κ3) is 5.37. The summed E-state index contributed by atoms with van der Waals surface area (Å²) in [5.74, 6) is 0.119. The number of nitrogens with one attached hydrogen (secondary N) is 1. The van der Waals surface area contributed by atoms with Crippen molar-refractivity contribution in [3.05, 3.63) is 20.8 Å². The zero-order chi connectivity index (χ0) is 13.8. The molecule has 0 fully saturated rings. The van der Waals surface area contributed by atoms with Crippen LogP contribution < -0.4 is 11.1 Å². The normalized spacial score (nSPS) is 13.2. The Morgan fingerprint density at radius 1 is 1.61 bits per heavy atom. The zero-order valence-corrected chi connectivity index (χ0v) is 13.2. The number of thiophene rings is 1. The maximum Gasteiger partial charge on any atom is 0.407 e. The van der Waals surface area contributed by atoms with Gasteiger partial charge in [0.25, 0.3) is 0 Å². The van der Waals surface area contributed by atoms with Crippen LogP contribution in [-0.4, -0.2) is 24.8 Å². The van der Waals surface area contributed by atoms with E-state index in [0.29, 0.717) is 13.1 Å². The van der Waals surface area contributed by atoms with Gasteiger partial charge in [-0.15, -0.1) is 11.3 Å². The highest BCUT2D eigenvalue weighted by atomic mass is 79.9. The van der Waals surface area contributed by atoms with Gasteiger partial charge in [-0.1, -0.05) is 0 Å². The van der Waals surface area contributed by atoms with E-state index < -0.39 is 11.7 Å². The Kier molecular flexibility index (Phi) is 5.62. The van der Waals surface area contributed by atoms with Crippen molar-refractivity contribution in [3.63, 3.8) is 0 Å². The zero-order valence-electron chi connectivity index (χ0n) is 10.8. The topological polar surface area (TPSA) is 64.3 Å². The summed E-state index contributed by atoms with van der Waals surface area (Å²) in [7, 11) is 0. The Bertz CT molecular complexity index is 401. The van der Waals surface area contributed by atoms with Crippen LogP contribution in [0.25, 0.3) is 0 Å². The fourth-order valence-corrected chi connectivity index (χ4v) is 2.93. The average Bonchev–Trinajstić information content (AvgIpc) is 2.63. The first-order valence-electron chi connectivity index (χ1n) is 5.72. The first-order valence-corrected chi connectivity index (χ1v) is 7.40. The molecule has 4 nitrogen and oxygen atoms in total. The largest absolute Gasteiger partial charge is 0.444 e. The molecule has 1 atom stereocenters. The molecular formula is C12H19BrN2O2S. The molecule has 0 bridgehead atoms. The van der Waals surface area contributed by atoms with Crippen molar-refractivity contribution in [1.29, 1.82) is 0 Å². The maximum atomic E-state index is 11.5. The van der Waals surface area contributed by atoms with Crippen LogP contribution in [0.5, 0.6) is 0 Å². The van der Waals surface area contributed by atoms with Gasteiger partial charge in [0.1, 0.15) is 5.60 Å². The molecule has 3 N–H and O–H groups in total. The summed E-state index contributed by atoms with van der Waals surface area (Å²) in [5.41, 5.74) is 5.25. The van der Waals surface area contributed by atoms with Crippen LogP contribution in [0.1, 0.15) is 31.6 Å². The number of rotatable bonds is 4. The van der Waals surface area contributed by atoms with E-state index in [1.54, 1.807) is 11.3 Å². The molecule has 18 heavy (non-hydrogen) atoms. The second-order valence-corrected chi connectivity index (χ2v) is 6.84. The molecule has 0 aliphatic heterocycles. The smallest absolute Gasteiger partial charge is 0.407 e. The highest BCUT2D eigenvalue weighted by Crippen LogP contribution is 2.26. The number of hydrogen-bond donors (Lipinski definition) is 2. The summed E-state index contributed by atoms with van der Waals surface area (Å²) in [4.78, 5) is 12.7. The number of carbonyl (C=O) groups excluding carboxylic acids is 1. The molecule has 1 unspecified atom stereocenters. The molecule has 0 saturated carbocycles. The van der Waals surface area contributed by atoms with Crippen LogP contribution in [0.15, 0.2) is 15.9 Å². The Morgan fingerprint density at radius 2 is 2.28 bits per heavy atom. The second-order valence-electron chi connectivity index (χ2n) is 4.98. The molecule has 1 aromatic rings. The van der Waals surface area contributed by atoms with E-state index in [4.69, 9.17) is 10.5 Å². The van der Waals surface area contributed by atoms with Crippen molar-refractivity contribution < 1.29 is 9.53 Å². The predicted octanol–water partition coefficient (Wildman–Crippen LogP) is 3.08. The fraction of sp³-hybridized carbons (Fsp3) is 0.583. The van der Waals surface area contributed by atoms with Crippen molar-refractivity contribution in [3.8, 4) is 0 Å². The number of halogens is 1. The van der Waals surface area contributed by atoms with Crippen LogP contribution in [0.2, 0.25) is 0 Å². The molecule has 1 aromatic heterocycles. The first-order chi connectivity index (χ1) is 8.31. The molecule has 0 aliphatic carbocycles. The number of amides is 1. The monoisotopic (exact) mass is 334 g/mol. The molecule has 0 spiro atoms. The standard InChI is InChI=1S/C12H19BrN2O2S/c1-12(2,3)17-11(16)15-6-8(5-14)10-4-9(13)7-18-10/h4,7-8H,5-6,14H2,1-3H3,(H,15,16). The molecule has 1 amide bonds. The first kappa shape index (κ1) is 15.5. The number of carbonyl (C=O) groups is 1. The molecule has 1 rings (SSSR count). The quantitative estimate of drug-likeness (QED) is 0.889. The van der Waals surface area contributed by atoms with Crippen molar-refractivity contribution >= 4 is 33.4 Å². The lowest BCUT2D eigenvalue weighted by Crippen LogP contribution is -2.36. The minimum absolute atomic E-state index is 0.119. The van der Waals surface area contributed by atoms with Crippen molar-refractivity contribution in [2.75, 3.05) is 13.1 Å². The molecule has 0 aliphatic rings. The summed E-state index contributed by atoms with van der Waals surface area (Å²) >= 11 is 5.04. The van der Waals surface area contributed by atoms with Gasteiger partial charge in [-0.3, -0.25) is 0 Å². The lowest BCUT2D eigenvalue weighted by Gasteiger charge is -2.21. The van der Waals surface area contributed by atoms with Gasteiger partial charge in [-0.25, -0.2) is 4.79 Å². The molecule has 0 saturated heterocycles. The highest BCUT2D eigenvalue weighted by Gasteiger charge is 2.18.